The van der Waals surface area contributed by atoms with Gasteiger partial charge in [0.05, 0.1) is 18.8 Å². The summed E-state index contributed by atoms with van der Waals surface area (Å²) in [5.74, 6) is -0.404. The zero-order chi connectivity index (χ0) is 14.0. The highest BCUT2D eigenvalue weighted by Gasteiger charge is 2.47. The van der Waals surface area contributed by atoms with Crippen molar-refractivity contribution in [3.8, 4) is 0 Å². The van der Waals surface area contributed by atoms with Crippen LogP contribution in [0.1, 0.15) is 6.42 Å². The maximum absolute atomic E-state index is 11.6. The summed E-state index contributed by atoms with van der Waals surface area (Å²) in [5.41, 5.74) is 8.41. The molecule has 19 heavy (non-hydrogen) atoms. The molecule has 2 aliphatic rings. The second-order valence-electron chi connectivity index (χ2n) is 4.23. The van der Waals surface area contributed by atoms with E-state index in [4.69, 9.17) is 15.4 Å². The van der Waals surface area contributed by atoms with Crippen LogP contribution in [0.25, 0.3) is 10.4 Å². The number of azide groups is 1. The third-order valence-corrected chi connectivity index (χ3v) is 3.10. The molecule has 0 aromatic carbocycles. The van der Waals surface area contributed by atoms with Gasteiger partial charge >= 0.3 is 6.03 Å². The maximum Gasteiger partial charge on any atom is 0.326 e. The van der Waals surface area contributed by atoms with Gasteiger partial charge in [0.1, 0.15) is 6.10 Å². The number of rotatable bonds is 3. The molecule has 3 amide bonds. The van der Waals surface area contributed by atoms with Crippen LogP contribution < -0.4 is 5.32 Å². The Hall–Kier alpha value is -1.87. The van der Waals surface area contributed by atoms with Crippen molar-refractivity contribution in [2.45, 2.75) is 30.9 Å². The average molecular weight is 271 g/mol. The predicted molar refractivity (Wildman–Crippen MR) is 59.5 cm³/mol. The molecule has 104 valence electrons. The quantitative estimate of drug-likeness (QED) is 0.331. The molecule has 4 atom stereocenters. The summed E-state index contributed by atoms with van der Waals surface area (Å²) in [6.07, 6.45) is -3.11. The zero-order valence-corrected chi connectivity index (χ0v) is 9.84. The summed E-state index contributed by atoms with van der Waals surface area (Å²) in [7, 11) is 0. The molecule has 2 heterocycles. The number of carbonyl (C=O) groups is 2. The van der Waals surface area contributed by atoms with Crippen molar-refractivity contribution in [2.24, 2.45) is 5.11 Å². The maximum atomic E-state index is 11.6. The molecule has 0 aliphatic carbocycles. The lowest BCUT2D eigenvalue weighted by atomic mass is 10.1. The molecule has 2 aliphatic heterocycles. The van der Waals surface area contributed by atoms with Gasteiger partial charge in [-0.3, -0.25) is 15.0 Å². The fourth-order valence-electron chi connectivity index (χ4n) is 2.16. The molecule has 2 rings (SSSR count). The molecule has 10 heteroatoms. The lowest BCUT2D eigenvalue weighted by Gasteiger charge is -2.32. The standard InChI is InChI=1S/C9H13N5O5/c10-13-12-6-4(3-15)19-8(7(6)17)14-2-1-5(16)11-9(14)18/h4,6-8,15,17H,1-3H2,(H,11,16,18)/t4-,6-,7-,8-/m0/s1. The molecule has 0 radical (unpaired) electrons. The molecule has 0 saturated carbocycles. The molecule has 2 fully saturated rings. The Balaban J connectivity index is 2.15. The Bertz CT molecular complexity index is 437. The van der Waals surface area contributed by atoms with E-state index in [1.807, 2.05) is 0 Å². The van der Waals surface area contributed by atoms with Crippen LogP contribution in [0, 0.1) is 0 Å². The van der Waals surface area contributed by atoms with E-state index in [1.165, 1.54) is 0 Å². The van der Waals surface area contributed by atoms with Crippen molar-refractivity contribution in [1.29, 1.82) is 0 Å². The molecule has 0 unspecified atom stereocenters. The summed E-state index contributed by atoms with van der Waals surface area (Å²) < 4.78 is 5.32. The van der Waals surface area contributed by atoms with E-state index in [0.717, 1.165) is 4.90 Å². The van der Waals surface area contributed by atoms with Crippen molar-refractivity contribution in [3.63, 3.8) is 0 Å². The normalized spacial score (nSPS) is 34.9. The van der Waals surface area contributed by atoms with Gasteiger partial charge in [-0.15, -0.1) is 0 Å². The highest BCUT2D eigenvalue weighted by Crippen LogP contribution is 2.27. The van der Waals surface area contributed by atoms with Gasteiger partial charge in [-0.05, 0) is 5.53 Å². The van der Waals surface area contributed by atoms with Gasteiger partial charge < -0.3 is 14.9 Å². The first kappa shape index (κ1) is 13.6. The fourth-order valence-corrected chi connectivity index (χ4v) is 2.16. The summed E-state index contributed by atoms with van der Waals surface area (Å²) >= 11 is 0. The monoisotopic (exact) mass is 271 g/mol. The summed E-state index contributed by atoms with van der Waals surface area (Å²) in [5, 5.41) is 24.6. The van der Waals surface area contributed by atoms with Crippen LogP contribution in [0.2, 0.25) is 0 Å². The van der Waals surface area contributed by atoms with Gasteiger partial charge in [0.25, 0.3) is 0 Å². The smallest absolute Gasteiger partial charge is 0.326 e. The topological polar surface area (TPSA) is 148 Å². The first-order valence-corrected chi connectivity index (χ1v) is 5.67. The Morgan fingerprint density at radius 2 is 2.32 bits per heavy atom. The average Bonchev–Trinajstić information content (AvgIpc) is 2.68. The summed E-state index contributed by atoms with van der Waals surface area (Å²) in [4.78, 5) is 26.4. The number of imide groups is 1. The molecule has 10 nitrogen and oxygen atoms in total. The molecule has 2 saturated heterocycles. The lowest BCUT2D eigenvalue weighted by molar-refractivity contribution is -0.125. The van der Waals surface area contributed by atoms with Gasteiger partial charge in [0.2, 0.25) is 5.91 Å². The van der Waals surface area contributed by atoms with Gasteiger partial charge in [-0.25, -0.2) is 4.79 Å². The molecule has 3 N–H and O–H groups in total. The summed E-state index contributed by atoms with van der Waals surface area (Å²) in [6.45, 7) is -0.362. The molecular formula is C9H13N5O5. The Labute approximate surface area is 107 Å². The van der Waals surface area contributed by atoms with E-state index in [9.17, 15) is 14.7 Å². The highest BCUT2D eigenvalue weighted by molar-refractivity contribution is 5.96. The number of carbonyl (C=O) groups excluding carboxylic acids is 2. The number of aliphatic hydroxyl groups is 2. The number of nitrogens with one attached hydrogen (secondary N) is 1. The minimum atomic E-state index is -1.26. The van der Waals surface area contributed by atoms with Crippen LogP contribution in [0.3, 0.4) is 0 Å². The third-order valence-electron chi connectivity index (χ3n) is 3.10. The second kappa shape index (κ2) is 5.41. The van der Waals surface area contributed by atoms with Crippen LogP contribution in [-0.4, -0.2) is 64.7 Å². The number of hydrogen-bond acceptors (Lipinski definition) is 6. The van der Waals surface area contributed by atoms with E-state index >= 15 is 0 Å². The summed E-state index contributed by atoms with van der Waals surface area (Å²) in [6, 6.07) is -1.66. The number of hydrogen-bond donors (Lipinski definition) is 3. The number of ether oxygens (including phenoxy) is 1. The van der Waals surface area contributed by atoms with E-state index < -0.39 is 43.0 Å². The minimum Gasteiger partial charge on any atom is -0.394 e. The highest BCUT2D eigenvalue weighted by atomic mass is 16.5. The molecule has 0 aromatic heterocycles. The molecular weight excluding hydrogens is 258 g/mol. The van der Waals surface area contributed by atoms with Crippen LogP contribution in [0.15, 0.2) is 5.11 Å². The molecule has 0 aromatic rings. The van der Waals surface area contributed by atoms with Crippen molar-refractivity contribution in [1.82, 2.24) is 10.2 Å². The SMILES string of the molecule is [N-]=[N+]=N[C@@H]1[C@H](O)[C@@H](N2CCC(=O)NC2=O)O[C@H]1CO. The third kappa shape index (κ3) is 2.47. The number of amides is 3. The van der Waals surface area contributed by atoms with Crippen LogP contribution in [0.5, 0.6) is 0 Å². The van der Waals surface area contributed by atoms with Crippen molar-refractivity contribution in [3.05, 3.63) is 10.4 Å². The van der Waals surface area contributed by atoms with Crippen LogP contribution in [-0.2, 0) is 9.53 Å². The Kier molecular flexibility index (Phi) is 3.86. The van der Waals surface area contributed by atoms with E-state index in [2.05, 4.69) is 15.3 Å². The van der Waals surface area contributed by atoms with Gasteiger partial charge in [0, 0.05) is 17.9 Å². The first-order chi connectivity index (χ1) is 9.08. The van der Waals surface area contributed by atoms with E-state index in [1.54, 1.807) is 0 Å². The van der Waals surface area contributed by atoms with Gasteiger partial charge in [-0.2, -0.15) is 0 Å². The fraction of sp³-hybridized carbons (Fsp3) is 0.778. The first-order valence-electron chi connectivity index (χ1n) is 5.67. The Morgan fingerprint density at radius 3 is 2.89 bits per heavy atom. The van der Waals surface area contributed by atoms with E-state index in [0.29, 0.717) is 0 Å². The predicted octanol–water partition coefficient (Wildman–Crippen LogP) is -1.31. The van der Waals surface area contributed by atoms with E-state index in [-0.39, 0.29) is 13.0 Å². The number of urea groups is 1. The number of nitrogens with zero attached hydrogens (tertiary/aromatic N) is 4. The van der Waals surface area contributed by atoms with Crippen molar-refractivity contribution in [2.75, 3.05) is 13.2 Å². The molecule has 0 bridgehead atoms. The van der Waals surface area contributed by atoms with Crippen molar-refractivity contribution >= 4 is 11.9 Å². The second-order valence-corrected chi connectivity index (χ2v) is 4.23. The van der Waals surface area contributed by atoms with Gasteiger partial charge in [0.15, 0.2) is 6.23 Å². The Morgan fingerprint density at radius 1 is 1.58 bits per heavy atom. The number of aliphatic hydroxyl groups excluding tert-OH is 2. The van der Waals surface area contributed by atoms with Crippen LogP contribution in [0.4, 0.5) is 4.79 Å². The van der Waals surface area contributed by atoms with Gasteiger partial charge in [-0.1, -0.05) is 5.11 Å². The zero-order valence-electron chi connectivity index (χ0n) is 9.84. The van der Waals surface area contributed by atoms with Crippen LogP contribution >= 0.6 is 0 Å². The van der Waals surface area contributed by atoms with Crippen molar-refractivity contribution < 1.29 is 24.5 Å². The largest absolute Gasteiger partial charge is 0.394 e. The molecule has 0 spiro atoms. The minimum absolute atomic E-state index is 0.0908. The lowest BCUT2D eigenvalue weighted by Crippen LogP contribution is -2.56.